The van der Waals surface area contributed by atoms with E-state index in [0.717, 1.165) is 0 Å². The molecule has 4 rings (SSSR count). The van der Waals surface area contributed by atoms with Crippen LogP contribution in [0.3, 0.4) is 0 Å². The fourth-order valence-corrected chi connectivity index (χ4v) is 3.57. The number of carbonyl (C=O) groups is 2. The summed E-state index contributed by atoms with van der Waals surface area (Å²) < 4.78 is 5.21. The highest BCUT2D eigenvalue weighted by atomic mass is 16.5. The summed E-state index contributed by atoms with van der Waals surface area (Å²) in [6.45, 7) is 0. The zero-order valence-electron chi connectivity index (χ0n) is 16.1. The van der Waals surface area contributed by atoms with Crippen molar-refractivity contribution in [3.05, 3.63) is 95.6 Å². The second-order valence-corrected chi connectivity index (χ2v) is 6.82. The van der Waals surface area contributed by atoms with Crippen molar-refractivity contribution in [3.63, 3.8) is 0 Å². The van der Waals surface area contributed by atoms with Gasteiger partial charge >= 0.3 is 0 Å². The van der Waals surface area contributed by atoms with E-state index < -0.39 is 17.7 Å². The monoisotopic (exact) mass is 401 g/mol. The summed E-state index contributed by atoms with van der Waals surface area (Å²) in [5.74, 6) is -1.09. The normalized spacial score (nSPS) is 17.9. The van der Waals surface area contributed by atoms with E-state index in [1.54, 1.807) is 73.8 Å². The third-order valence-corrected chi connectivity index (χ3v) is 5.05. The first-order valence-corrected chi connectivity index (χ1v) is 9.30. The number of carbonyl (C=O) groups excluding carboxylic acids is 2. The standard InChI is InChI=1S/C24H19NO5/c1-30-19-13-7-15(8-14-19)21-20(22(27)16-5-3-2-4-6-16)23(28)24(29)25(21)17-9-11-18(26)12-10-17/h2-14,21,26-27H,1H3/t21-/m1/s1. The molecule has 2 N–H and O–H groups in total. The molecule has 0 spiro atoms. The smallest absolute Gasteiger partial charge is 0.300 e. The van der Waals surface area contributed by atoms with Crippen LogP contribution in [-0.4, -0.2) is 29.0 Å². The summed E-state index contributed by atoms with van der Waals surface area (Å²) in [5, 5.41) is 20.6. The first-order valence-electron chi connectivity index (χ1n) is 9.30. The SMILES string of the molecule is COc1ccc([C@@H]2C(=C(O)c3ccccc3)C(=O)C(=O)N2c2ccc(O)cc2)cc1. The molecule has 1 aliphatic heterocycles. The van der Waals surface area contributed by atoms with E-state index in [9.17, 15) is 19.8 Å². The van der Waals surface area contributed by atoms with Crippen molar-refractivity contribution in [2.24, 2.45) is 0 Å². The Balaban J connectivity index is 1.92. The Morgan fingerprint density at radius 2 is 1.53 bits per heavy atom. The van der Waals surface area contributed by atoms with Crippen LogP contribution in [0, 0.1) is 0 Å². The van der Waals surface area contributed by atoms with Gasteiger partial charge in [0.1, 0.15) is 17.3 Å². The zero-order chi connectivity index (χ0) is 21.3. The quantitative estimate of drug-likeness (QED) is 0.392. The van der Waals surface area contributed by atoms with Crippen LogP contribution in [0.15, 0.2) is 84.4 Å². The molecule has 0 aromatic heterocycles. The Morgan fingerprint density at radius 3 is 2.13 bits per heavy atom. The van der Waals surface area contributed by atoms with Crippen LogP contribution >= 0.6 is 0 Å². The van der Waals surface area contributed by atoms with Crippen molar-refractivity contribution in [3.8, 4) is 11.5 Å². The van der Waals surface area contributed by atoms with E-state index in [-0.39, 0.29) is 17.1 Å². The maximum absolute atomic E-state index is 13.0. The molecule has 6 nitrogen and oxygen atoms in total. The van der Waals surface area contributed by atoms with Crippen LogP contribution in [0.2, 0.25) is 0 Å². The largest absolute Gasteiger partial charge is 0.508 e. The molecule has 1 saturated heterocycles. The van der Waals surface area contributed by atoms with E-state index in [4.69, 9.17) is 4.74 Å². The zero-order valence-corrected chi connectivity index (χ0v) is 16.1. The van der Waals surface area contributed by atoms with E-state index in [0.29, 0.717) is 22.6 Å². The lowest BCUT2D eigenvalue weighted by atomic mass is 9.95. The van der Waals surface area contributed by atoms with Crippen LogP contribution in [-0.2, 0) is 9.59 Å². The molecular weight excluding hydrogens is 382 g/mol. The third kappa shape index (κ3) is 3.28. The molecule has 0 aliphatic carbocycles. The highest BCUT2D eigenvalue weighted by Gasteiger charge is 2.46. The number of hydrogen-bond donors (Lipinski definition) is 2. The summed E-state index contributed by atoms with van der Waals surface area (Å²) in [6.07, 6.45) is 0. The highest BCUT2D eigenvalue weighted by molar-refractivity contribution is 6.51. The van der Waals surface area contributed by atoms with Gasteiger partial charge in [0, 0.05) is 11.3 Å². The number of aliphatic hydroxyl groups excluding tert-OH is 1. The molecule has 1 aliphatic rings. The molecule has 30 heavy (non-hydrogen) atoms. The molecule has 1 atom stereocenters. The van der Waals surface area contributed by atoms with Gasteiger partial charge < -0.3 is 14.9 Å². The summed E-state index contributed by atoms with van der Waals surface area (Å²) in [7, 11) is 1.55. The van der Waals surface area contributed by atoms with Gasteiger partial charge in [-0.05, 0) is 42.0 Å². The molecule has 1 amide bonds. The number of benzene rings is 3. The number of ketones is 1. The van der Waals surface area contributed by atoms with Crippen molar-refractivity contribution < 1.29 is 24.5 Å². The Morgan fingerprint density at radius 1 is 0.900 bits per heavy atom. The van der Waals surface area contributed by atoms with Crippen molar-refractivity contribution in [2.45, 2.75) is 6.04 Å². The number of ether oxygens (including phenoxy) is 1. The van der Waals surface area contributed by atoms with Gasteiger partial charge in [0.15, 0.2) is 0 Å². The molecule has 0 bridgehead atoms. The lowest BCUT2D eigenvalue weighted by molar-refractivity contribution is -0.132. The third-order valence-electron chi connectivity index (χ3n) is 5.05. The number of phenolic OH excluding ortho intramolecular Hbond substituents is 1. The van der Waals surface area contributed by atoms with Crippen LogP contribution in [0.5, 0.6) is 11.5 Å². The predicted octanol–water partition coefficient (Wildman–Crippen LogP) is 4.03. The van der Waals surface area contributed by atoms with E-state index in [2.05, 4.69) is 0 Å². The van der Waals surface area contributed by atoms with Crippen molar-refractivity contribution in [1.82, 2.24) is 0 Å². The van der Waals surface area contributed by atoms with E-state index in [1.807, 2.05) is 0 Å². The molecule has 0 radical (unpaired) electrons. The topological polar surface area (TPSA) is 87.1 Å². The fourth-order valence-electron chi connectivity index (χ4n) is 3.57. The molecule has 0 saturated carbocycles. The predicted molar refractivity (Wildman–Crippen MR) is 112 cm³/mol. The first kappa shape index (κ1) is 19.3. The number of Topliss-reactive ketones (excluding diaryl/α,β-unsaturated/α-hetero) is 1. The van der Waals surface area contributed by atoms with Crippen molar-refractivity contribution >= 4 is 23.1 Å². The van der Waals surface area contributed by atoms with Gasteiger partial charge in [-0.15, -0.1) is 0 Å². The number of anilines is 1. The Bertz CT molecular complexity index is 1120. The highest BCUT2D eigenvalue weighted by Crippen LogP contribution is 2.42. The minimum atomic E-state index is -0.833. The average Bonchev–Trinajstić information content (AvgIpc) is 3.05. The molecule has 3 aromatic carbocycles. The molecule has 3 aromatic rings. The Kier molecular flexibility index (Phi) is 4.98. The van der Waals surface area contributed by atoms with Crippen molar-refractivity contribution in [1.29, 1.82) is 0 Å². The van der Waals surface area contributed by atoms with E-state index in [1.165, 1.54) is 17.0 Å². The fraction of sp³-hybridized carbons (Fsp3) is 0.0833. The Labute approximate surface area is 173 Å². The van der Waals surface area contributed by atoms with Gasteiger partial charge in [-0.2, -0.15) is 0 Å². The molecule has 1 heterocycles. The van der Waals surface area contributed by atoms with Crippen LogP contribution in [0.25, 0.3) is 5.76 Å². The average molecular weight is 401 g/mol. The number of amides is 1. The van der Waals surface area contributed by atoms with Crippen molar-refractivity contribution in [2.75, 3.05) is 12.0 Å². The van der Waals surface area contributed by atoms with Crippen LogP contribution in [0.4, 0.5) is 5.69 Å². The van der Waals surface area contributed by atoms with Crippen LogP contribution in [0.1, 0.15) is 17.2 Å². The summed E-state index contributed by atoms with van der Waals surface area (Å²) in [4.78, 5) is 27.3. The molecule has 150 valence electrons. The molecular formula is C24H19NO5. The number of methoxy groups -OCH3 is 1. The van der Waals surface area contributed by atoms with Gasteiger partial charge in [-0.25, -0.2) is 0 Å². The number of aromatic hydroxyl groups is 1. The minimum absolute atomic E-state index is 0.00411. The molecule has 0 unspecified atom stereocenters. The van der Waals surface area contributed by atoms with Gasteiger partial charge in [0.25, 0.3) is 11.7 Å². The Hall–Kier alpha value is -4.06. The number of hydrogen-bond acceptors (Lipinski definition) is 5. The minimum Gasteiger partial charge on any atom is -0.508 e. The van der Waals surface area contributed by atoms with E-state index >= 15 is 0 Å². The number of nitrogens with zero attached hydrogens (tertiary/aromatic N) is 1. The van der Waals surface area contributed by atoms with Gasteiger partial charge in [0.2, 0.25) is 0 Å². The van der Waals surface area contributed by atoms with Gasteiger partial charge in [-0.1, -0.05) is 42.5 Å². The number of aliphatic hydroxyl groups is 1. The summed E-state index contributed by atoms with van der Waals surface area (Å²) in [5.41, 5.74) is 1.52. The second kappa shape index (κ2) is 7.75. The summed E-state index contributed by atoms with van der Waals surface area (Å²) in [6, 6.07) is 20.8. The van der Waals surface area contributed by atoms with Gasteiger partial charge in [0.05, 0.1) is 18.7 Å². The summed E-state index contributed by atoms with van der Waals surface area (Å²) >= 11 is 0. The lowest BCUT2D eigenvalue weighted by Gasteiger charge is -2.25. The maximum atomic E-state index is 13.0. The number of rotatable bonds is 4. The lowest BCUT2D eigenvalue weighted by Crippen LogP contribution is -2.29. The molecule has 6 heteroatoms. The van der Waals surface area contributed by atoms with Gasteiger partial charge in [-0.3, -0.25) is 14.5 Å². The van der Waals surface area contributed by atoms with Crippen LogP contribution < -0.4 is 9.64 Å². The first-order chi connectivity index (χ1) is 14.5. The molecule has 1 fully saturated rings. The number of phenols is 1. The maximum Gasteiger partial charge on any atom is 0.300 e. The second-order valence-electron chi connectivity index (χ2n) is 6.82.